The second kappa shape index (κ2) is 8.57. The first-order valence-electron chi connectivity index (χ1n) is 9.56. The van der Waals surface area contributed by atoms with Gasteiger partial charge in [-0.1, -0.05) is 42.5 Å². The standard InChI is InChI=1S/C23H29NO3/c1-24(22(25)20-11-7-8-12-21(20)27-3)17-23(18-9-5-4-6-10-18)15-13-19(26-2)14-16-23/h4-12,19H,13-17H2,1-3H3. The fourth-order valence-corrected chi connectivity index (χ4v) is 4.26. The number of likely N-dealkylation sites (N-methyl/N-ethyl adjacent to an activating group) is 1. The molecule has 0 bridgehead atoms. The molecule has 0 N–H and O–H groups in total. The number of amides is 1. The summed E-state index contributed by atoms with van der Waals surface area (Å²) in [6.45, 7) is 0.685. The maximum atomic E-state index is 13.1. The van der Waals surface area contributed by atoms with Crippen molar-refractivity contribution in [3.05, 3.63) is 65.7 Å². The summed E-state index contributed by atoms with van der Waals surface area (Å²) in [6.07, 6.45) is 4.37. The van der Waals surface area contributed by atoms with Crippen LogP contribution in [0.5, 0.6) is 5.75 Å². The van der Waals surface area contributed by atoms with Gasteiger partial charge in [-0.3, -0.25) is 4.79 Å². The third kappa shape index (κ3) is 4.16. The summed E-state index contributed by atoms with van der Waals surface area (Å²) in [5, 5.41) is 0. The molecule has 0 saturated heterocycles. The van der Waals surface area contributed by atoms with Crippen LogP contribution in [0.3, 0.4) is 0 Å². The number of hydrogen-bond donors (Lipinski definition) is 0. The van der Waals surface area contributed by atoms with Crippen LogP contribution in [0.4, 0.5) is 0 Å². The van der Waals surface area contributed by atoms with Crippen molar-refractivity contribution in [2.24, 2.45) is 0 Å². The number of carbonyl (C=O) groups excluding carboxylic acids is 1. The molecular weight excluding hydrogens is 338 g/mol. The van der Waals surface area contributed by atoms with Crippen LogP contribution in [0.2, 0.25) is 0 Å². The lowest BCUT2D eigenvalue weighted by Crippen LogP contribution is -2.45. The molecule has 0 unspecified atom stereocenters. The van der Waals surface area contributed by atoms with Gasteiger partial charge in [0, 0.05) is 26.1 Å². The van der Waals surface area contributed by atoms with Crippen LogP contribution in [0.15, 0.2) is 54.6 Å². The Balaban J connectivity index is 1.85. The Hall–Kier alpha value is -2.33. The van der Waals surface area contributed by atoms with Crippen molar-refractivity contribution in [3.8, 4) is 5.75 Å². The first-order chi connectivity index (χ1) is 13.1. The summed E-state index contributed by atoms with van der Waals surface area (Å²) >= 11 is 0. The molecule has 2 aromatic carbocycles. The molecule has 1 amide bonds. The molecule has 144 valence electrons. The summed E-state index contributed by atoms with van der Waals surface area (Å²) in [4.78, 5) is 15.0. The van der Waals surface area contributed by atoms with Crippen molar-refractivity contribution >= 4 is 5.91 Å². The summed E-state index contributed by atoms with van der Waals surface area (Å²) in [5.74, 6) is 0.614. The van der Waals surface area contributed by atoms with Crippen LogP contribution < -0.4 is 4.74 Å². The first kappa shape index (κ1) is 19.4. The van der Waals surface area contributed by atoms with E-state index in [1.807, 2.05) is 42.3 Å². The molecule has 4 heteroatoms. The average Bonchev–Trinajstić information content (AvgIpc) is 2.74. The van der Waals surface area contributed by atoms with E-state index in [1.165, 1.54) is 5.56 Å². The lowest BCUT2D eigenvalue weighted by Gasteiger charge is -2.42. The molecule has 0 atom stereocenters. The van der Waals surface area contributed by atoms with E-state index in [0.29, 0.717) is 24.0 Å². The molecule has 0 heterocycles. The third-order valence-corrected chi connectivity index (χ3v) is 5.83. The van der Waals surface area contributed by atoms with Gasteiger partial charge in [-0.25, -0.2) is 0 Å². The lowest BCUT2D eigenvalue weighted by molar-refractivity contribution is 0.0386. The van der Waals surface area contributed by atoms with E-state index in [4.69, 9.17) is 9.47 Å². The predicted molar refractivity (Wildman–Crippen MR) is 107 cm³/mol. The van der Waals surface area contributed by atoms with E-state index >= 15 is 0 Å². The quantitative estimate of drug-likeness (QED) is 0.764. The van der Waals surface area contributed by atoms with E-state index in [2.05, 4.69) is 24.3 Å². The van der Waals surface area contributed by atoms with Gasteiger partial charge in [-0.05, 0) is 43.4 Å². The Morgan fingerprint density at radius 2 is 1.67 bits per heavy atom. The van der Waals surface area contributed by atoms with Gasteiger partial charge in [0.1, 0.15) is 5.75 Å². The van der Waals surface area contributed by atoms with Gasteiger partial charge in [-0.2, -0.15) is 0 Å². The van der Waals surface area contributed by atoms with Crippen molar-refractivity contribution in [2.45, 2.75) is 37.2 Å². The van der Waals surface area contributed by atoms with E-state index in [-0.39, 0.29) is 11.3 Å². The van der Waals surface area contributed by atoms with Crippen molar-refractivity contribution in [3.63, 3.8) is 0 Å². The first-order valence-corrected chi connectivity index (χ1v) is 9.56. The second-order valence-electron chi connectivity index (χ2n) is 7.44. The SMILES string of the molecule is COc1ccccc1C(=O)N(C)CC1(c2ccccc2)CCC(OC)CC1. The van der Waals surface area contributed by atoms with Crippen LogP contribution in [-0.4, -0.2) is 44.7 Å². The van der Waals surface area contributed by atoms with Gasteiger partial charge in [0.2, 0.25) is 0 Å². The molecule has 1 aliphatic carbocycles. The van der Waals surface area contributed by atoms with Gasteiger partial charge in [0.15, 0.2) is 0 Å². The number of rotatable bonds is 6. The number of benzene rings is 2. The number of ether oxygens (including phenoxy) is 2. The average molecular weight is 367 g/mol. The Morgan fingerprint density at radius 3 is 2.30 bits per heavy atom. The van der Waals surface area contributed by atoms with Gasteiger partial charge >= 0.3 is 0 Å². The van der Waals surface area contributed by atoms with Crippen molar-refractivity contribution < 1.29 is 14.3 Å². The van der Waals surface area contributed by atoms with Crippen LogP contribution >= 0.6 is 0 Å². The molecule has 3 rings (SSSR count). The molecule has 0 aromatic heterocycles. The fraction of sp³-hybridized carbons (Fsp3) is 0.435. The third-order valence-electron chi connectivity index (χ3n) is 5.83. The summed E-state index contributed by atoms with van der Waals surface area (Å²) < 4.78 is 11.0. The maximum absolute atomic E-state index is 13.1. The number of para-hydroxylation sites is 1. The van der Waals surface area contributed by atoms with Gasteiger partial charge in [-0.15, -0.1) is 0 Å². The smallest absolute Gasteiger partial charge is 0.257 e. The van der Waals surface area contributed by atoms with Gasteiger partial charge in [0.25, 0.3) is 5.91 Å². The van der Waals surface area contributed by atoms with E-state index < -0.39 is 0 Å². The summed E-state index contributed by atoms with van der Waals surface area (Å²) in [6, 6.07) is 18.0. The van der Waals surface area contributed by atoms with Gasteiger partial charge in [0.05, 0.1) is 18.8 Å². The highest BCUT2D eigenvalue weighted by atomic mass is 16.5. The largest absolute Gasteiger partial charge is 0.496 e. The molecule has 4 nitrogen and oxygen atoms in total. The van der Waals surface area contributed by atoms with Crippen LogP contribution in [-0.2, 0) is 10.2 Å². The highest BCUT2D eigenvalue weighted by molar-refractivity contribution is 5.96. The minimum Gasteiger partial charge on any atom is -0.496 e. The van der Waals surface area contributed by atoms with Crippen LogP contribution in [0.25, 0.3) is 0 Å². The zero-order valence-electron chi connectivity index (χ0n) is 16.5. The summed E-state index contributed by atoms with van der Waals surface area (Å²) in [7, 11) is 5.28. The normalized spacial score (nSPS) is 22.3. The highest BCUT2D eigenvalue weighted by Crippen LogP contribution is 2.41. The Bertz CT molecular complexity index is 751. The molecule has 0 aliphatic heterocycles. The van der Waals surface area contributed by atoms with E-state index in [1.54, 1.807) is 14.2 Å². The van der Waals surface area contributed by atoms with Crippen LogP contribution in [0.1, 0.15) is 41.6 Å². The maximum Gasteiger partial charge on any atom is 0.257 e. The van der Waals surface area contributed by atoms with Crippen molar-refractivity contribution in [2.75, 3.05) is 27.8 Å². The molecule has 1 fully saturated rings. The van der Waals surface area contributed by atoms with Crippen molar-refractivity contribution in [1.82, 2.24) is 4.90 Å². The topological polar surface area (TPSA) is 38.8 Å². The number of carbonyl (C=O) groups is 1. The summed E-state index contributed by atoms with van der Waals surface area (Å²) in [5.41, 5.74) is 1.87. The molecule has 1 saturated carbocycles. The second-order valence-corrected chi connectivity index (χ2v) is 7.44. The minimum atomic E-state index is -0.0390. The minimum absolute atomic E-state index is 0.00313. The van der Waals surface area contributed by atoms with E-state index in [9.17, 15) is 4.79 Å². The molecule has 27 heavy (non-hydrogen) atoms. The lowest BCUT2D eigenvalue weighted by atomic mass is 9.68. The zero-order chi connectivity index (χ0) is 19.3. The zero-order valence-corrected chi connectivity index (χ0v) is 16.5. The number of hydrogen-bond acceptors (Lipinski definition) is 3. The van der Waals surface area contributed by atoms with Crippen LogP contribution in [0, 0.1) is 0 Å². The number of methoxy groups -OCH3 is 2. The Morgan fingerprint density at radius 1 is 1.04 bits per heavy atom. The number of nitrogens with zero attached hydrogens (tertiary/aromatic N) is 1. The fourth-order valence-electron chi connectivity index (χ4n) is 4.26. The molecule has 2 aromatic rings. The Labute approximate surface area is 162 Å². The molecule has 1 aliphatic rings. The monoisotopic (exact) mass is 367 g/mol. The van der Waals surface area contributed by atoms with Gasteiger partial charge < -0.3 is 14.4 Å². The predicted octanol–water partition coefficient (Wildman–Crippen LogP) is 4.29. The highest BCUT2D eigenvalue weighted by Gasteiger charge is 2.39. The van der Waals surface area contributed by atoms with Crippen molar-refractivity contribution in [1.29, 1.82) is 0 Å². The molecular formula is C23H29NO3. The Kier molecular flexibility index (Phi) is 6.17. The molecule has 0 radical (unpaired) electrons. The van der Waals surface area contributed by atoms with E-state index in [0.717, 1.165) is 25.7 Å². The molecule has 0 spiro atoms.